The average molecular weight is 427 g/mol. The number of imidazole rings is 1. The Kier molecular flexibility index (Phi) is 4.74. The van der Waals surface area contributed by atoms with Crippen LogP contribution in [0.25, 0.3) is 17.0 Å². The van der Waals surface area contributed by atoms with E-state index in [1.165, 1.54) is 0 Å². The van der Waals surface area contributed by atoms with Gasteiger partial charge in [0.25, 0.3) is 0 Å². The molecule has 5 rings (SSSR count). The molecular formula is C21H26N6O2S. The molecule has 0 radical (unpaired) electrons. The van der Waals surface area contributed by atoms with Gasteiger partial charge in [0, 0.05) is 18.4 Å². The highest BCUT2D eigenvalue weighted by atomic mass is 32.2. The van der Waals surface area contributed by atoms with Gasteiger partial charge in [0.15, 0.2) is 0 Å². The zero-order chi connectivity index (χ0) is 20.9. The number of nitrogens with zero attached hydrogens (tertiary/aromatic N) is 5. The van der Waals surface area contributed by atoms with Crippen molar-refractivity contribution in [3.63, 3.8) is 0 Å². The van der Waals surface area contributed by atoms with Crippen molar-refractivity contribution in [1.82, 2.24) is 19.5 Å². The summed E-state index contributed by atoms with van der Waals surface area (Å²) in [7, 11) is -2.70. The van der Waals surface area contributed by atoms with Crippen LogP contribution in [0.1, 0.15) is 36.5 Å². The highest BCUT2D eigenvalue weighted by molar-refractivity contribution is 7.92. The van der Waals surface area contributed by atoms with Crippen molar-refractivity contribution < 1.29 is 8.95 Å². The third kappa shape index (κ3) is 3.26. The van der Waals surface area contributed by atoms with E-state index in [0.29, 0.717) is 30.6 Å². The SMILES string of the molecule is Cc1nc2ccccc2n1-c1nc(C2CCCS2(=N)=O)cc(N2CCOC[C@H]2C)n1. The second-order valence-corrected chi connectivity index (χ2v) is 10.5. The molecule has 4 heterocycles. The van der Waals surface area contributed by atoms with Gasteiger partial charge in [0.1, 0.15) is 11.6 Å². The summed E-state index contributed by atoms with van der Waals surface area (Å²) < 4.78 is 28.8. The van der Waals surface area contributed by atoms with E-state index in [1.54, 1.807) is 0 Å². The molecule has 3 atom stereocenters. The van der Waals surface area contributed by atoms with E-state index in [9.17, 15) is 4.21 Å². The van der Waals surface area contributed by atoms with E-state index in [4.69, 9.17) is 19.5 Å². The van der Waals surface area contributed by atoms with Crippen LogP contribution in [-0.2, 0) is 14.5 Å². The molecule has 30 heavy (non-hydrogen) atoms. The van der Waals surface area contributed by atoms with Gasteiger partial charge in [0.2, 0.25) is 5.95 Å². The molecule has 3 aromatic rings. The highest BCUT2D eigenvalue weighted by Gasteiger charge is 2.33. The van der Waals surface area contributed by atoms with Gasteiger partial charge in [-0.25, -0.2) is 14.2 Å². The van der Waals surface area contributed by atoms with Crippen molar-refractivity contribution in [3.8, 4) is 5.95 Å². The molecule has 0 saturated carbocycles. The summed E-state index contributed by atoms with van der Waals surface area (Å²) in [4.78, 5) is 16.6. The van der Waals surface area contributed by atoms with Gasteiger partial charge < -0.3 is 9.64 Å². The topological polar surface area (TPSA) is 97.0 Å². The van der Waals surface area contributed by atoms with Crippen molar-refractivity contribution in [2.24, 2.45) is 0 Å². The van der Waals surface area contributed by atoms with Gasteiger partial charge in [-0.05, 0) is 38.8 Å². The second-order valence-electron chi connectivity index (χ2n) is 8.11. The highest BCUT2D eigenvalue weighted by Crippen LogP contribution is 2.36. The molecule has 0 amide bonds. The Morgan fingerprint density at radius 1 is 1.23 bits per heavy atom. The molecule has 2 aromatic heterocycles. The van der Waals surface area contributed by atoms with Crippen LogP contribution >= 0.6 is 0 Å². The molecule has 158 valence electrons. The molecule has 2 saturated heterocycles. The number of fused-ring (bicyclic) bond motifs is 1. The Bertz CT molecular complexity index is 1210. The zero-order valence-corrected chi connectivity index (χ0v) is 18.1. The van der Waals surface area contributed by atoms with Crippen LogP contribution in [0, 0.1) is 11.7 Å². The van der Waals surface area contributed by atoms with Crippen LogP contribution in [0.2, 0.25) is 0 Å². The lowest BCUT2D eigenvalue weighted by atomic mass is 10.2. The maximum Gasteiger partial charge on any atom is 0.237 e. The van der Waals surface area contributed by atoms with Gasteiger partial charge >= 0.3 is 0 Å². The molecule has 1 aromatic carbocycles. The standard InChI is InChI=1S/C21H26N6O2S/c1-14-13-29-10-9-26(14)20-12-17(19-8-5-11-30(19,22)28)24-21(25-20)27-15(2)23-16-6-3-4-7-18(16)27/h3-4,6-7,12,14,19,22H,5,8-11,13H2,1-2H3/t14-,19?,30?/m1/s1. The van der Waals surface area contributed by atoms with Gasteiger partial charge in [-0.3, -0.25) is 9.35 Å². The molecule has 9 heteroatoms. The molecular weight excluding hydrogens is 400 g/mol. The quantitative estimate of drug-likeness (QED) is 0.691. The van der Waals surface area contributed by atoms with Gasteiger partial charge in [-0.2, -0.15) is 4.98 Å². The molecule has 8 nitrogen and oxygen atoms in total. The number of hydrogen-bond donors (Lipinski definition) is 1. The van der Waals surface area contributed by atoms with Crippen LogP contribution in [0.5, 0.6) is 0 Å². The monoisotopic (exact) mass is 426 g/mol. The van der Waals surface area contributed by atoms with Crippen LogP contribution in [0.3, 0.4) is 0 Å². The van der Waals surface area contributed by atoms with E-state index >= 15 is 0 Å². The van der Waals surface area contributed by atoms with Crippen molar-refractivity contribution in [2.75, 3.05) is 30.4 Å². The molecule has 0 aliphatic carbocycles. The minimum Gasteiger partial charge on any atom is -0.377 e. The van der Waals surface area contributed by atoms with Crippen molar-refractivity contribution in [3.05, 3.63) is 41.9 Å². The summed E-state index contributed by atoms with van der Waals surface area (Å²) in [5.74, 6) is 2.56. The fraction of sp³-hybridized carbons (Fsp3) is 0.476. The molecule has 2 aliphatic heterocycles. The van der Waals surface area contributed by atoms with Gasteiger partial charge in [-0.15, -0.1) is 0 Å². The molecule has 0 spiro atoms. The maximum absolute atomic E-state index is 12.9. The fourth-order valence-corrected chi connectivity index (χ4v) is 6.42. The average Bonchev–Trinajstić information content (AvgIpc) is 3.25. The third-order valence-corrected chi connectivity index (χ3v) is 8.31. The Morgan fingerprint density at radius 3 is 2.83 bits per heavy atom. The van der Waals surface area contributed by atoms with E-state index in [1.807, 2.05) is 41.8 Å². The first-order chi connectivity index (χ1) is 14.4. The van der Waals surface area contributed by atoms with Crippen LogP contribution in [-0.4, -0.2) is 55.3 Å². The first-order valence-electron chi connectivity index (χ1n) is 10.4. The van der Waals surface area contributed by atoms with E-state index in [0.717, 1.165) is 42.1 Å². The number of anilines is 1. The minimum absolute atomic E-state index is 0.180. The van der Waals surface area contributed by atoms with Crippen molar-refractivity contribution in [2.45, 2.75) is 38.0 Å². The number of benzene rings is 1. The smallest absolute Gasteiger partial charge is 0.237 e. The number of aromatic nitrogens is 4. The second kappa shape index (κ2) is 7.31. The third-order valence-electron chi connectivity index (χ3n) is 6.01. The summed E-state index contributed by atoms with van der Waals surface area (Å²) in [6.45, 7) is 6.07. The van der Waals surface area contributed by atoms with E-state index < -0.39 is 9.73 Å². The lowest BCUT2D eigenvalue weighted by Crippen LogP contribution is -2.44. The predicted octanol–water partition coefficient (Wildman–Crippen LogP) is 3.23. The number of morpholine rings is 1. The fourth-order valence-electron chi connectivity index (χ4n) is 4.48. The van der Waals surface area contributed by atoms with E-state index in [2.05, 4.69) is 16.8 Å². The Labute approximate surface area is 176 Å². The molecule has 2 fully saturated rings. The molecule has 0 bridgehead atoms. The van der Waals surface area contributed by atoms with Crippen molar-refractivity contribution in [1.29, 1.82) is 4.78 Å². The number of rotatable bonds is 3. The van der Waals surface area contributed by atoms with Gasteiger partial charge in [0.05, 0.1) is 51.0 Å². The lowest BCUT2D eigenvalue weighted by Gasteiger charge is -2.34. The summed E-state index contributed by atoms with van der Waals surface area (Å²) >= 11 is 0. The molecule has 2 unspecified atom stereocenters. The first kappa shape index (κ1) is 19.4. The number of aryl methyl sites for hydroxylation is 1. The first-order valence-corrected chi connectivity index (χ1v) is 12.2. The van der Waals surface area contributed by atoms with Crippen LogP contribution < -0.4 is 4.90 Å². The number of para-hydroxylation sites is 2. The summed E-state index contributed by atoms with van der Waals surface area (Å²) in [5.41, 5.74) is 2.52. The largest absolute Gasteiger partial charge is 0.377 e. The summed E-state index contributed by atoms with van der Waals surface area (Å²) in [6.07, 6.45) is 1.52. The summed E-state index contributed by atoms with van der Waals surface area (Å²) in [6, 6.07) is 10.0. The number of hydrogen-bond acceptors (Lipinski definition) is 7. The molecule has 1 N–H and O–H groups in total. The Balaban J connectivity index is 1.71. The number of nitrogens with one attached hydrogen (secondary N) is 1. The van der Waals surface area contributed by atoms with Gasteiger partial charge in [-0.1, -0.05) is 12.1 Å². The Morgan fingerprint density at radius 2 is 2.07 bits per heavy atom. The maximum atomic E-state index is 12.9. The normalized spacial score (nSPS) is 27.1. The Hall–Kier alpha value is -2.52. The van der Waals surface area contributed by atoms with Crippen molar-refractivity contribution >= 4 is 26.6 Å². The predicted molar refractivity (Wildman–Crippen MR) is 117 cm³/mol. The lowest BCUT2D eigenvalue weighted by molar-refractivity contribution is 0.0985. The number of ether oxygens (including phenoxy) is 1. The molecule has 2 aliphatic rings. The summed E-state index contributed by atoms with van der Waals surface area (Å²) in [5, 5.41) is -0.357. The van der Waals surface area contributed by atoms with E-state index in [-0.39, 0.29) is 11.3 Å². The zero-order valence-electron chi connectivity index (χ0n) is 17.2. The minimum atomic E-state index is -2.70. The van der Waals surface area contributed by atoms with Crippen LogP contribution in [0.15, 0.2) is 30.3 Å². The van der Waals surface area contributed by atoms with Crippen LogP contribution in [0.4, 0.5) is 5.82 Å².